The van der Waals surface area contributed by atoms with Crippen LogP contribution in [-0.4, -0.2) is 22.4 Å². The van der Waals surface area contributed by atoms with E-state index >= 15 is 0 Å². The molecule has 0 amide bonds. The SMILES string of the molecule is CCCCOC(=O)n1ccc2c(O)c(C)cc(C)c21. The van der Waals surface area contributed by atoms with Crippen LogP contribution >= 0.6 is 0 Å². The zero-order valence-electron chi connectivity index (χ0n) is 11.6. The zero-order chi connectivity index (χ0) is 14.0. The highest BCUT2D eigenvalue weighted by Gasteiger charge is 2.15. The molecule has 0 radical (unpaired) electrons. The van der Waals surface area contributed by atoms with Gasteiger partial charge in [0.15, 0.2) is 0 Å². The molecule has 0 fully saturated rings. The minimum atomic E-state index is -0.394. The van der Waals surface area contributed by atoms with E-state index in [1.54, 1.807) is 12.3 Å². The Hall–Kier alpha value is -1.97. The molecule has 0 unspecified atom stereocenters. The Bertz CT molecular complexity index is 613. The predicted molar refractivity (Wildman–Crippen MR) is 74.7 cm³/mol. The van der Waals surface area contributed by atoms with E-state index in [0.29, 0.717) is 17.5 Å². The molecule has 4 heteroatoms. The summed E-state index contributed by atoms with van der Waals surface area (Å²) in [6.07, 6.45) is 3.09. The number of hydrogen-bond donors (Lipinski definition) is 1. The molecule has 2 rings (SSSR count). The van der Waals surface area contributed by atoms with E-state index in [0.717, 1.165) is 24.0 Å². The van der Waals surface area contributed by atoms with Crippen LogP contribution in [0.1, 0.15) is 30.9 Å². The molecule has 2 aromatic rings. The zero-order valence-corrected chi connectivity index (χ0v) is 11.6. The summed E-state index contributed by atoms with van der Waals surface area (Å²) in [5.41, 5.74) is 2.47. The van der Waals surface area contributed by atoms with Gasteiger partial charge in [0, 0.05) is 11.6 Å². The van der Waals surface area contributed by atoms with Gasteiger partial charge in [-0.1, -0.05) is 19.4 Å². The van der Waals surface area contributed by atoms with Gasteiger partial charge in [0.2, 0.25) is 0 Å². The number of aromatic hydroxyl groups is 1. The summed E-state index contributed by atoms with van der Waals surface area (Å²) in [4.78, 5) is 12.0. The van der Waals surface area contributed by atoms with Gasteiger partial charge < -0.3 is 9.84 Å². The highest BCUT2D eigenvalue weighted by atomic mass is 16.5. The molecule has 0 bridgehead atoms. The van der Waals surface area contributed by atoms with Crippen molar-refractivity contribution in [3.8, 4) is 5.75 Å². The van der Waals surface area contributed by atoms with Gasteiger partial charge in [-0.05, 0) is 37.5 Å². The maximum absolute atomic E-state index is 12.0. The monoisotopic (exact) mass is 261 g/mol. The number of hydrogen-bond acceptors (Lipinski definition) is 3. The fraction of sp³-hybridized carbons (Fsp3) is 0.400. The van der Waals surface area contributed by atoms with Crippen molar-refractivity contribution in [1.29, 1.82) is 0 Å². The molecule has 1 aromatic carbocycles. The van der Waals surface area contributed by atoms with Gasteiger partial charge in [0.25, 0.3) is 0 Å². The number of carbonyl (C=O) groups excluding carboxylic acids is 1. The van der Waals surface area contributed by atoms with E-state index in [9.17, 15) is 9.90 Å². The van der Waals surface area contributed by atoms with E-state index in [1.807, 2.05) is 26.8 Å². The van der Waals surface area contributed by atoms with Gasteiger partial charge in [-0.25, -0.2) is 4.79 Å². The summed E-state index contributed by atoms with van der Waals surface area (Å²) in [6, 6.07) is 3.61. The first kappa shape index (κ1) is 13.5. The molecule has 4 nitrogen and oxygen atoms in total. The van der Waals surface area contributed by atoms with E-state index in [4.69, 9.17) is 4.74 Å². The van der Waals surface area contributed by atoms with Crippen molar-refractivity contribution in [3.05, 3.63) is 29.5 Å². The molecule has 0 saturated heterocycles. The molecule has 1 heterocycles. The van der Waals surface area contributed by atoms with Crippen LogP contribution in [-0.2, 0) is 4.74 Å². The molecule has 1 N–H and O–H groups in total. The van der Waals surface area contributed by atoms with Crippen LogP contribution in [0.25, 0.3) is 10.9 Å². The van der Waals surface area contributed by atoms with E-state index in [-0.39, 0.29) is 5.75 Å². The van der Waals surface area contributed by atoms with Gasteiger partial charge in [-0.3, -0.25) is 4.57 Å². The van der Waals surface area contributed by atoms with Gasteiger partial charge >= 0.3 is 6.09 Å². The van der Waals surface area contributed by atoms with Crippen LogP contribution in [0.5, 0.6) is 5.75 Å². The molecule has 0 saturated carbocycles. The Morgan fingerprint density at radius 3 is 2.79 bits per heavy atom. The number of unbranched alkanes of at least 4 members (excludes halogenated alkanes) is 1. The lowest BCUT2D eigenvalue weighted by atomic mass is 10.1. The first-order valence-corrected chi connectivity index (χ1v) is 6.53. The fourth-order valence-corrected chi connectivity index (χ4v) is 2.23. The molecule has 0 spiro atoms. The van der Waals surface area contributed by atoms with Gasteiger partial charge in [-0.15, -0.1) is 0 Å². The summed E-state index contributed by atoms with van der Waals surface area (Å²) in [6.45, 7) is 6.24. The third-order valence-electron chi connectivity index (χ3n) is 3.24. The summed E-state index contributed by atoms with van der Waals surface area (Å²) < 4.78 is 6.66. The molecule has 0 aliphatic heterocycles. The van der Waals surface area contributed by atoms with Crippen LogP contribution in [0.3, 0.4) is 0 Å². The first-order chi connectivity index (χ1) is 9.06. The Kier molecular flexibility index (Phi) is 3.79. The Balaban J connectivity index is 2.40. The second kappa shape index (κ2) is 5.34. The number of aromatic nitrogens is 1. The summed E-state index contributed by atoms with van der Waals surface area (Å²) in [5.74, 6) is 0.223. The number of carbonyl (C=O) groups is 1. The molecule has 0 aliphatic rings. The van der Waals surface area contributed by atoms with E-state index in [1.165, 1.54) is 4.57 Å². The first-order valence-electron chi connectivity index (χ1n) is 6.53. The normalized spacial score (nSPS) is 10.9. The van der Waals surface area contributed by atoms with Gasteiger partial charge in [0.05, 0.1) is 12.1 Å². The number of ether oxygens (including phenoxy) is 1. The molecular weight excluding hydrogens is 242 g/mol. The van der Waals surface area contributed by atoms with Crippen LogP contribution in [0.15, 0.2) is 18.3 Å². The third kappa shape index (κ3) is 2.43. The quantitative estimate of drug-likeness (QED) is 0.856. The van der Waals surface area contributed by atoms with Crippen LogP contribution in [0.4, 0.5) is 4.79 Å². The van der Waals surface area contributed by atoms with E-state index < -0.39 is 6.09 Å². The number of phenolic OH excluding ortho intramolecular Hbond substituents is 1. The fourth-order valence-electron chi connectivity index (χ4n) is 2.23. The van der Waals surface area contributed by atoms with Crippen molar-refractivity contribution >= 4 is 17.0 Å². The summed E-state index contributed by atoms with van der Waals surface area (Å²) >= 11 is 0. The second-order valence-electron chi connectivity index (χ2n) is 4.77. The largest absolute Gasteiger partial charge is 0.507 e. The molecule has 1 aromatic heterocycles. The lowest BCUT2D eigenvalue weighted by molar-refractivity contribution is 0.147. The maximum Gasteiger partial charge on any atom is 0.418 e. The third-order valence-corrected chi connectivity index (χ3v) is 3.24. The maximum atomic E-state index is 12.0. The number of phenols is 1. The molecule has 102 valence electrons. The van der Waals surface area contributed by atoms with Crippen molar-refractivity contribution in [2.75, 3.05) is 6.61 Å². The number of nitrogens with zero attached hydrogens (tertiary/aromatic N) is 1. The highest BCUT2D eigenvalue weighted by molar-refractivity contribution is 5.95. The van der Waals surface area contributed by atoms with E-state index in [2.05, 4.69) is 0 Å². The average molecular weight is 261 g/mol. The molecule has 19 heavy (non-hydrogen) atoms. The molecule has 0 atom stereocenters. The lowest BCUT2D eigenvalue weighted by Crippen LogP contribution is -2.13. The van der Waals surface area contributed by atoms with Crippen molar-refractivity contribution in [3.63, 3.8) is 0 Å². The van der Waals surface area contributed by atoms with Crippen molar-refractivity contribution in [1.82, 2.24) is 4.57 Å². The van der Waals surface area contributed by atoms with Crippen molar-refractivity contribution < 1.29 is 14.6 Å². The standard InChI is InChI=1S/C15H19NO3/c1-4-5-8-19-15(18)16-7-6-12-13(16)10(2)9-11(3)14(12)17/h6-7,9,17H,4-5,8H2,1-3H3. The van der Waals surface area contributed by atoms with Crippen molar-refractivity contribution in [2.24, 2.45) is 0 Å². The average Bonchev–Trinajstić information content (AvgIpc) is 2.81. The number of rotatable bonds is 3. The lowest BCUT2D eigenvalue weighted by Gasteiger charge is -2.09. The van der Waals surface area contributed by atoms with Crippen molar-refractivity contribution in [2.45, 2.75) is 33.6 Å². The predicted octanol–water partition coefficient (Wildman–Crippen LogP) is 3.75. The van der Waals surface area contributed by atoms with Gasteiger partial charge in [-0.2, -0.15) is 0 Å². The van der Waals surface area contributed by atoms with Crippen LogP contribution < -0.4 is 0 Å². The number of benzene rings is 1. The van der Waals surface area contributed by atoms with Gasteiger partial charge in [0.1, 0.15) is 5.75 Å². The molecule has 0 aliphatic carbocycles. The van der Waals surface area contributed by atoms with Crippen LogP contribution in [0.2, 0.25) is 0 Å². The Morgan fingerprint density at radius 1 is 1.37 bits per heavy atom. The second-order valence-corrected chi connectivity index (χ2v) is 4.77. The highest BCUT2D eigenvalue weighted by Crippen LogP contribution is 2.31. The Morgan fingerprint density at radius 2 is 2.11 bits per heavy atom. The summed E-state index contributed by atoms with van der Waals surface area (Å²) in [7, 11) is 0. The topological polar surface area (TPSA) is 51.5 Å². The molecular formula is C15H19NO3. The van der Waals surface area contributed by atoms with Crippen LogP contribution in [0, 0.1) is 13.8 Å². The minimum absolute atomic E-state index is 0.223. The minimum Gasteiger partial charge on any atom is -0.507 e. The summed E-state index contributed by atoms with van der Waals surface area (Å²) in [5, 5.41) is 10.7. The number of aryl methyl sites for hydroxylation is 2. The number of fused-ring (bicyclic) bond motifs is 1. The Labute approximate surface area is 112 Å². The smallest absolute Gasteiger partial charge is 0.418 e.